The fraction of sp³-hybridized carbons (Fsp3) is 0.462. The number of carboxylic acid groups (broad SMARTS) is 1. The van der Waals surface area contributed by atoms with Crippen LogP contribution in [0.15, 0.2) is 28.7 Å². The Labute approximate surface area is 123 Å². The van der Waals surface area contributed by atoms with Crippen molar-refractivity contribution in [1.29, 1.82) is 0 Å². The van der Waals surface area contributed by atoms with Crippen LogP contribution in [0.3, 0.4) is 0 Å². The Morgan fingerprint density at radius 2 is 1.83 bits per heavy atom. The summed E-state index contributed by atoms with van der Waals surface area (Å²) in [6.45, 7) is 1.22. The quantitative estimate of drug-likeness (QED) is 0.796. The van der Waals surface area contributed by atoms with E-state index in [0.29, 0.717) is 13.1 Å². The summed E-state index contributed by atoms with van der Waals surface area (Å²) in [6, 6.07) is 8.34. The first-order valence-electron chi connectivity index (χ1n) is 5.87. The van der Waals surface area contributed by atoms with Crippen molar-refractivity contribution in [3.63, 3.8) is 0 Å². The molecule has 0 saturated carbocycles. The van der Waals surface area contributed by atoms with E-state index in [-0.39, 0.29) is 5.41 Å². The maximum Gasteiger partial charge on any atom is 0.407 e. The third-order valence-electron chi connectivity index (χ3n) is 3.70. The van der Waals surface area contributed by atoms with Crippen LogP contribution < -0.4 is 0 Å². The van der Waals surface area contributed by atoms with Crippen LogP contribution in [-0.4, -0.2) is 34.5 Å². The molecule has 0 atom stereocenters. The molecule has 1 aliphatic rings. The van der Waals surface area contributed by atoms with Crippen molar-refractivity contribution in [3.8, 4) is 0 Å². The fourth-order valence-corrected chi connectivity index (χ4v) is 3.58. The predicted molar refractivity (Wildman–Crippen MR) is 78.4 cm³/mol. The number of rotatable bonds is 2. The van der Waals surface area contributed by atoms with Crippen LogP contribution in [0.25, 0.3) is 0 Å². The molecule has 1 amide bonds. The van der Waals surface area contributed by atoms with E-state index in [1.807, 2.05) is 12.1 Å². The Morgan fingerprint density at radius 3 is 2.28 bits per heavy atom. The van der Waals surface area contributed by atoms with Gasteiger partial charge in [0.1, 0.15) is 0 Å². The number of hydrogen-bond acceptors (Lipinski definition) is 1. The van der Waals surface area contributed by atoms with Crippen molar-refractivity contribution in [2.75, 3.05) is 18.4 Å². The average molecular weight is 377 g/mol. The van der Waals surface area contributed by atoms with Gasteiger partial charge in [-0.3, -0.25) is 0 Å². The molecule has 1 heterocycles. The third-order valence-corrected chi connectivity index (χ3v) is 5.31. The molecule has 0 aromatic heterocycles. The van der Waals surface area contributed by atoms with E-state index in [4.69, 9.17) is 5.11 Å². The Kier molecular flexibility index (Phi) is 4.33. The Hall–Kier alpha value is -0.550. The summed E-state index contributed by atoms with van der Waals surface area (Å²) in [5, 5.41) is 9.87. The maximum absolute atomic E-state index is 10.9. The van der Waals surface area contributed by atoms with Gasteiger partial charge >= 0.3 is 6.09 Å². The largest absolute Gasteiger partial charge is 0.465 e. The molecule has 1 aromatic rings. The first-order chi connectivity index (χ1) is 8.57. The Balaban J connectivity index is 2.18. The molecule has 0 aliphatic carbocycles. The topological polar surface area (TPSA) is 40.5 Å². The molecule has 98 valence electrons. The highest BCUT2D eigenvalue weighted by molar-refractivity contribution is 9.10. The minimum Gasteiger partial charge on any atom is -0.465 e. The van der Waals surface area contributed by atoms with Gasteiger partial charge in [0.25, 0.3) is 0 Å². The molecule has 18 heavy (non-hydrogen) atoms. The fourth-order valence-electron chi connectivity index (χ4n) is 2.43. The molecule has 0 unspecified atom stereocenters. The van der Waals surface area contributed by atoms with Crippen LogP contribution >= 0.6 is 31.9 Å². The van der Waals surface area contributed by atoms with Crippen molar-refractivity contribution < 1.29 is 9.90 Å². The minimum absolute atomic E-state index is 0.0622. The van der Waals surface area contributed by atoms with Crippen molar-refractivity contribution in [2.24, 2.45) is 0 Å². The molecule has 5 heteroatoms. The molecular weight excluding hydrogens is 362 g/mol. The second-order valence-electron chi connectivity index (χ2n) is 4.69. The number of alkyl halides is 1. The number of benzene rings is 1. The van der Waals surface area contributed by atoms with Crippen molar-refractivity contribution >= 4 is 38.0 Å². The molecule has 0 radical (unpaired) electrons. The molecule has 0 bridgehead atoms. The monoisotopic (exact) mass is 375 g/mol. The highest BCUT2D eigenvalue weighted by Crippen LogP contribution is 2.37. The lowest BCUT2D eigenvalue weighted by molar-refractivity contribution is 0.120. The number of nitrogens with zero attached hydrogens (tertiary/aromatic N) is 1. The number of hydrogen-bond donors (Lipinski definition) is 1. The lowest BCUT2D eigenvalue weighted by atomic mass is 9.74. The van der Waals surface area contributed by atoms with E-state index >= 15 is 0 Å². The van der Waals surface area contributed by atoms with Crippen LogP contribution in [0.1, 0.15) is 18.4 Å². The van der Waals surface area contributed by atoms with E-state index in [0.717, 1.165) is 22.6 Å². The van der Waals surface area contributed by atoms with Crippen LogP contribution in [0.5, 0.6) is 0 Å². The molecule has 1 N–H and O–H groups in total. The van der Waals surface area contributed by atoms with E-state index < -0.39 is 6.09 Å². The SMILES string of the molecule is O=C(O)N1CCC(CBr)(c2ccc(Br)cc2)CC1. The van der Waals surface area contributed by atoms with Gasteiger partial charge in [0.05, 0.1) is 0 Å². The molecule has 2 rings (SSSR count). The van der Waals surface area contributed by atoms with Crippen LogP contribution in [0.2, 0.25) is 0 Å². The highest BCUT2D eigenvalue weighted by Gasteiger charge is 2.36. The standard InChI is InChI=1S/C13H15Br2NO2/c14-9-13(10-1-3-11(15)4-2-10)5-7-16(8-6-13)12(17)18/h1-4H,5-9H2,(H,17,18). The van der Waals surface area contributed by atoms with Gasteiger partial charge in [-0.25, -0.2) is 4.79 Å². The smallest absolute Gasteiger partial charge is 0.407 e. The zero-order chi connectivity index (χ0) is 13.2. The van der Waals surface area contributed by atoms with Crippen molar-refractivity contribution in [1.82, 2.24) is 4.90 Å². The zero-order valence-corrected chi connectivity index (χ0v) is 13.1. The van der Waals surface area contributed by atoms with Gasteiger partial charge in [0.15, 0.2) is 0 Å². The summed E-state index contributed by atoms with van der Waals surface area (Å²) in [7, 11) is 0. The van der Waals surface area contributed by atoms with E-state index in [1.165, 1.54) is 10.5 Å². The number of amides is 1. The third kappa shape index (κ3) is 2.72. The normalized spacial score (nSPS) is 18.7. The van der Waals surface area contributed by atoms with Crippen LogP contribution in [-0.2, 0) is 5.41 Å². The molecule has 1 aromatic carbocycles. The number of piperidine rings is 1. The number of carbonyl (C=O) groups is 1. The first-order valence-corrected chi connectivity index (χ1v) is 7.79. The van der Waals surface area contributed by atoms with Gasteiger partial charge in [0.2, 0.25) is 0 Å². The average Bonchev–Trinajstić information content (AvgIpc) is 2.39. The van der Waals surface area contributed by atoms with E-state index in [2.05, 4.69) is 44.0 Å². The lowest BCUT2D eigenvalue weighted by Crippen LogP contribution is -2.45. The van der Waals surface area contributed by atoms with Crippen LogP contribution in [0.4, 0.5) is 4.79 Å². The van der Waals surface area contributed by atoms with Crippen LogP contribution in [0, 0.1) is 0 Å². The van der Waals surface area contributed by atoms with Crippen molar-refractivity contribution in [2.45, 2.75) is 18.3 Å². The molecule has 1 aliphatic heterocycles. The Bertz CT molecular complexity index is 425. The van der Waals surface area contributed by atoms with Gasteiger partial charge in [-0.15, -0.1) is 0 Å². The summed E-state index contributed by atoms with van der Waals surface area (Å²) in [6.07, 6.45) is 0.923. The minimum atomic E-state index is -0.811. The zero-order valence-electron chi connectivity index (χ0n) is 9.90. The molecule has 3 nitrogen and oxygen atoms in total. The van der Waals surface area contributed by atoms with Gasteiger partial charge in [0, 0.05) is 28.3 Å². The van der Waals surface area contributed by atoms with Gasteiger partial charge < -0.3 is 10.0 Å². The molecular formula is C13H15Br2NO2. The molecule has 1 saturated heterocycles. The second-order valence-corrected chi connectivity index (χ2v) is 6.17. The summed E-state index contributed by atoms with van der Waals surface area (Å²) < 4.78 is 1.07. The van der Waals surface area contributed by atoms with E-state index in [1.54, 1.807) is 0 Å². The first kappa shape index (κ1) is 13.9. The van der Waals surface area contributed by atoms with Gasteiger partial charge in [-0.2, -0.15) is 0 Å². The van der Waals surface area contributed by atoms with E-state index in [9.17, 15) is 4.79 Å². The Morgan fingerprint density at radius 1 is 1.28 bits per heavy atom. The van der Waals surface area contributed by atoms with Crippen molar-refractivity contribution in [3.05, 3.63) is 34.3 Å². The number of likely N-dealkylation sites (tertiary alicyclic amines) is 1. The van der Waals surface area contributed by atoms with Gasteiger partial charge in [-0.05, 0) is 30.5 Å². The summed E-state index contributed by atoms with van der Waals surface area (Å²) >= 11 is 7.04. The predicted octanol–water partition coefficient (Wildman–Crippen LogP) is 3.86. The summed E-state index contributed by atoms with van der Waals surface area (Å²) in [4.78, 5) is 12.4. The highest BCUT2D eigenvalue weighted by atomic mass is 79.9. The summed E-state index contributed by atoms with van der Waals surface area (Å²) in [5.41, 5.74) is 1.35. The lowest BCUT2D eigenvalue weighted by Gasteiger charge is -2.40. The van der Waals surface area contributed by atoms with Gasteiger partial charge in [-0.1, -0.05) is 44.0 Å². The second kappa shape index (κ2) is 5.61. The molecule has 0 spiro atoms. The summed E-state index contributed by atoms with van der Waals surface area (Å²) in [5.74, 6) is 0. The molecule has 1 fully saturated rings. The maximum atomic E-state index is 10.9. The number of halogens is 2.